The van der Waals surface area contributed by atoms with Gasteiger partial charge in [-0.1, -0.05) is 45.0 Å². The molecular weight excluding hydrogens is 308 g/mol. The number of nitrogens with one attached hydrogen (secondary N) is 1. The van der Waals surface area contributed by atoms with E-state index in [9.17, 15) is 4.79 Å². The predicted molar refractivity (Wildman–Crippen MR) is 104 cm³/mol. The van der Waals surface area contributed by atoms with Crippen molar-refractivity contribution >= 4 is 5.91 Å². The summed E-state index contributed by atoms with van der Waals surface area (Å²) in [6.45, 7) is 9.62. The molecule has 1 aliphatic carbocycles. The van der Waals surface area contributed by atoms with Crippen molar-refractivity contribution < 1.29 is 4.79 Å². The van der Waals surface area contributed by atoms with E-state index in [1.165, 1.54) is 30.5 Å². The number of piperidine rings is 1. The van der Waals surface area contributed by atoms with Gasteiger partial charge in [-0.15, -0.1) is 0 Å². The molecule has 1 aliphatic heterocycles. The smallest absolute Gasteiger partial charge is 0.223 e. The van der Waals surface area contributed by atoms with Crippen LogP contribution in [-0.2, 0) is 4.79 Å². The van der Waals surface area contributed by atoms with E-state index in [1.807, 2.05) is 0 Å². The predicted octanol–water partition coefficient (Wildman–Crippen LogP) is 4.29. The number of hydrogen-bond donors (Lipinski definition) is 1. The molecule has 0 bridgehead atoms. The normalized spacial score (nSPS) is 20.1. The lowest BCUT2D eigenvalue weighted by Gasteiger charge is -2.33. The van der Waals surface area contributed by atoms with Gasteiger partial charge in [0.15, 0.2) is 0 Å². The second-order valence-electron chi connectivity index (χ2n) is 8.43. The lowest BCUT2D eigenvalue weighted by atomic mass is 9.93. The van der Waals surface area contributed by atoms with Crippen LogP contribution in [0, 0.1) is 5.92 Å². The first-order valence-corrected chi connectivity index (χ1v) is 10.1. The van der Waals surface area contributed by atoms with Crippen LogP contribution >= 0.6 is 0 Å². The molecule has 1 saturated heterocycles. The van der Waals surface area contributed by atoms with Crippen molar-refractivity contribution in [2.75, 3.05) is 19.6 Å². The maximum atomic E-state index is 12.6. The van der Waals surface area contributed by atoms with Gasteiger partial charge in [0.05, 0.1) is 0 Å². The fourth-order valence-electron chi connectivity index (χ4n) is 3.71. The summed E-state index contributed by atoms with van der Waals surface area (Å²) < 4.78 is 0. The Bertz CT molecular complexity index is 554. The third-order valence-electron chi connectivity index (χ3n) is 5.89. The summed E-state index contributed by atoms with van der Waals surface area (Å²) in [5, 5.41) is 3.69. The molecule has 3 nitrogen and oxygen atoms in total. The van der Waals surface area contributed by atoms with Crippen molar-refractivity contribution in [3.05, 3.63) is 35.4 Å². The maximum Gasteiger partial charge on any atom is 0.223 e. The summed E-state index contributed by atoms with van der Waals surface area (Å²) in [4.78, 5) is 14.7. The number of rotatable bonds is 7. The van der Waals surface area contributed by atoms with Gasteiger partial charge in [-0.3, -0.25) is 4.79 Å². The number of nitrogens with zero attached hydrogens (tertiary/aromatic N) is 1. The quantitative estimate of drug-likeness (QED) is 0.801. The molecule has 0 radical (unpaired) electrons. The Labute approximate surface area is 153 Å². The van der Waals surface area contributed by atoms with Gasteiger partial charge in [-0.05, 0) is 61.1 Å². The topological polar surface area (TPSA) is 32.3 Å². The minimum absolute atomic E-state index is 0.291. The molecule has 1 heterocycles. The molecule has 1 aromatic carbocycles. The second kappa shape index (κ2) is 8.35. The van der Waals surface area contributed by atoms with Crippen LogP contribution in [0.2, 0.25) is 0 Å². The molecule has 3 heteroatoms. The first-order chi connectivity index (χ1) is 12.0. The van der Waals surface area contributed by atoms with Crippen molar-refractivity contribution in [2.24, 2.45) is 5.92 Å². The standard InChI is InChI=1S/C22H34N2O/c1-16(2)19-6-8-20(9-7-19)17(3)14-22(25)24-12-10-21(11-13-24)23-15-18-4-5-18/h6-9,16-18,21,23H,4-5,10-15H2,1-3H3. The summed E-state index contributed by atoms with van der Waals surface area (Å²) in [5.41, 5.74) is 2.64. The van der Waals surface area contributed by atoms with E-state index in [1.54, 1.807) is 0 Å². The Balaban J connectivity index is 1.43. The van der Waals surface area contributed by atoms with E-state index in [0.29, 0.717) is 30.2 Å². The SMILES string of the molecule is CC(C)c1ccc(C(C)CC(=O)N2CCC(NCC3CC3)CC2)cc1. The molecule has 1 unspecified atom stereocenters. The van der Waals surface area contributed by atoms with E-state index >= 15 is 0 Å². The first-order valence-electron chi connectivity index (χ1n) is 10.1. The molecule has 25 heavy (non-hydrogen) atoms. The molecule has 1 saturated carbocycles. The Hall–Kier alpha value is -1.35. The van der Waals surface area contributed by atoms with Gasteiger partial charge in [0.2, 0.25) is 5.91 Å². The highest BCUT2D eigenvalue weighted by molar-refractivity contribution is 5.77. The summed E-state index contributed by atoms with van der Waals surface area (Å²) in [6, 6.07) is 9.42. The molecule has 2 aliphatic rings. The Morgan fingerprint density at radius 1 is 1.04 bits per heavy atom. The van der Waals surface area contributed by atoms with Crippen LogP contribution in [0.4, 0.5) is 0 Å². The number of carbonyl (C=O) groups is 1. The van der Waals surface area contributed by atoms with E-state index in [2.05, 4.69) is 55.3 Å². The van der Waals surface area contributed by atoms with Gasteiger partial charge in [-0.25, -0.2) is 0 Å². The molecular formula is C22H34N2O. The largest absolute Gasteiger partial charge is 0.343 e. The van der Waals surface area contributed by atoms with Crippen LogP contribution in [0.25, 0.3) is 0 Å². The Morgan fingerprint density at radius 3 is 2.20 bits per heavy atom. The van der Waals surface area contributed by atoms with Crippen LogP contribution < -0.4 is 5.32 Å². The fourth-order valence-corrected chi connectivity index (χ4v) is 3.71. The molecule has 138 valence electrons. The zero-order valence-electron chi connectivity index (χ0n) is 16.1. The molecule has 1 aromatic rings. The van der Waals surface area contributed by atoms with Gasteiger partial charge < -0.3 is 10.2 Å². The number of benzene rings is 1. The zero-order chi connectivity index (χ0) is 17.8. The van der Waals surface area contributed by atoms with E-state index in [4.69, 9.17) is 0 Å². The van der Waals surface area contributed by atoms with E-state index in [-0.39, 0.29) is 0 Å². The average Bonchev–Trinajstić information content (AvgIpc) is 3.45. The zero-order valence-corrected chi connectivity index (χ0v) is 16.1. The lowest BCUT2D eigenvalue weighted by molar-refractivity contribution is -0.132. The van der Waals surface area contributed by atoms with Crippen molar-refractivity contribution in [3.63, 3.8) is 0 Å². The molecule has 1 N–H and O–H groups in total. The second-order valence-corrected chi connectivity index (χ2v) is 8.43. The summed E-state index contributed by atoms with van der Waals surface area (Å²) in [5.74, 6) is 2.10. The van der Waals surface area contributed by atoms with Gasteiger partial charge in [0, 0.05) is 25.6 Å². The van der Waals surface area contributed by atoms with Crippen molar-refractivity contribution in [2.45, 2.75) is 70.8 Å². The third kappa shape index (κ3) is 5.31. The van der Waals surface area contributed by atoms with E-state index < -0.39 is 0 Å². The van der Waals surface area contributed by atoms with Gasteiger partial charge >= 0.3 is 0 Å². The van der Waals surface area contributed by atoms with Crippen LogP contribution in [-0.4, -0.2) is 36.5 Å². The highest BCUT2D eigenvalue weighted by Gasteiger charge is 2.26. The molecule has 1 atom stereocenters. The number of amides is 1. The molecule has 3 rings (SSSR count). The van der Waals surface area contributed by atoms with Gasteiger partial charge in [0.25, 0.3) is 0 Å². The summed E-state index contributed by atoms with van der Waals surface area (Å²) >= 11 is 0. The highest BCUT2D eigenvalue weighted by atomic mass is 16.2. The van der Waals surface area contributed by atoms with E-state index in [0.717, 1.165) is 31.8 Å². The van der Waals surface area contributed by atoms with Gasteiger partial charge in [0.1, 0.15) is 0 Å². The first kappa shape index (κ1) is 18.4. The van der Waals surface area contributed by atoms with Gasteiger partial charge in [-0.2, -0.15) is 0 Å². The van der Waals surface area contributed by atoms with Crippen molar-refractivity contribution in [1.29, 1.82) is 0 Å². The highest BCUT2D eigenvalue weighted by Crippen LogP contribution is 2.28. The number of hydrogen-bond acceptors (Lipinski definition) is 2. The molecule has 1 amide bonds. The Morgan fingerprint density at radius 2 is 1.64 bits per heavy atom. The number of carbonyl (C=O) groups excluding carboxylic acids is 1. The summed E-state index contributed by atoms with van der Waals surface area (Å²) in [7, 11) is 0. The van der Waals surface area contributed by atoms with Crippen LogP contribution in [0.5, 0.6) is 0 Å². The molecule has 0 aromatic heterocycles. The minimum Gasteiger partial charge on any atom is -0.343 e. The Kier molecular flexibility index (Phi) is 6.16. The molecule has 2 fully saturated rings. The van der Waals surface area contributed by atoms with Crippen LogP contribution in [0.3, 0.4) is 0 Å². The third-order valence-corrected chi connectivity index (χ3v) is 5.89. The van der Waals surface area contributed by atoms with Crippen molar-refractivity contribution in [3.8, 4) is 0 Å². The van der Waals surface area contributed by atoms with Crippen LogP contribution in [0.1, 0.15) is 75.8 Å². The monoisotopic (exact) mass is 342 g/mol. The summed E-state index contributed by atoms with van der Waals surface area (Å²) in [6.07, 6.45) is 5.65. The fraction of sp³-hybridized carbons (Fsp3) is 0.682. The number of likely N-dealkylation sites (tertiary alicyclic amines) is 1. The maximum absolute atomic E-state index is 12.6. The van der Waals surface area contributed by atoms with Crippen LogP contribution in [0.15, 0.2) is 24.3 Å². The average molecular weight is 343 g/mol. The minimum atomic E-state index is 0.291. The lowest BCUT2D eigenvalue weighted by Crippen LogP contribution is -2.45. The molecule has 0 spiro atoms. The van der Waals surface area contributed by atoms with Crippen molar-refractivity contribution in [1.82, 2.24) is 10.2 Å².